The lowest BCUT2D eigenvalue weighted by Gasteiger charge is -1.82. The average Bonchev–Trinajstić information content (AvgIpc) is 1.85. The first-order chi connectivity index (χ1) is 4.31. The van der Waals surface area contributed by atoms with Gasteiger partial charge < -0.3 is 5.21 Å². The molecule has 0 fully saturated rings. The Morgan fingerprint density at radius 2 is 2.33 bits per heavy atom. The molecule has 0 amide bonds. The van der Waals surface area contributed by atoms with Gasteiger partial charge in [0, 0.05) is 0 Å². The summed E-state index contributed by atoms with van der Waals surface area (Å²) in [6.07, 6.45) is 4.98. The van der Waals surface area contributed by atoms with Gasteiger partial charge in [-0.1, -0.05) is 33.8 Å². The first-order valence-corrected chi connectivity index (χ1v) is 3.67. The maximum Gasteiger partial charge on any atom is 0.0664 e. The van der Waals surface area contributed by atoms with E-state index in [4.69, 9.17) is 5.21 Å². The zero-order valence-electron chi connectivity index (χ0n) is 5.08. The number of hydrogen-bond acceptors (Lipinski definition) is 2. The summed E-state index contributed by atoms with van der Waals surface area (Å²) in [7, 11) is 0. The van der Waals surface area contributed by atoms with Crippen LogP contribution in [0.3, 0.4) is 0 Å². The van der Waals surface area contributed by atoms with Gasteiger partial charge in [0.2, 0.25) is 0 Å². The minimum atomic E-state index is 1.06. The lowest BCUT2D eigenvalue weighted by atomic mass is 10.3. The second-order valence-corrected chi connectivity index (χ2v) is 2.19. The quantitative estimate of drug-likeness (QED) is 0.258. The summed E-state index contributed by atoms with van der Waals surface area (Å²) in [6, 6.07) is 0. The molecule has 0 bridgehead atoms. The molecule has 0 unspecified atom stereocenters. The molecule has 0 spiro atoms. The number of allylic oxidation sites excluding steroid dienone is 3. The van der Waals surface area contributed by atoms with Crippen molar-refractivity contribution in [1.82, 2.24) is 0 Å². The van der Waals surface area contributed by atoms with Crippen LogP contribution in [0.15, 0.2) is 27.0 Å². The lowest BCUT2D eigenvalue weighted by Crippen LogP contribution is -1.68. The van der Waals surface area contributed by atoms with E-state index in [0.717, 1.165) is 5.57 Å². The van der Waals surface area contributed by atoms with Gasteiger partial charge >= 0.3 is 0 Å². The van der Waals surface area contributed by atoms with Crippen molar-refractivity contribution in [3.63, 3.8) is 0 Å². The summed E-state index contributed by atoms with van der Waals surface area (Å²) >= 11 is 2.13. The van der Waals surface area contributed by atoms with Crippen LogP contribution in [0.1, 0.15) is 6.92 Å². The van der Waals surface area contributed by atoms with Crippen molar-refractivity contribution in [2.45, 2.75) is 6.92 Å². The minimum absolute atomic E-state index is 1.06. The Morgan fingerprint density at radius 3 is 2.78 bits per heavy atom. The van der Waals surface area contributed by atoms with Crippen LogP contribution >= 0.6 is 22.6 Å². The van der Waals surface area contributed by atoms with Crippen LogP contribution < -0.4 is 0 Å². The van der Waals surface area contributed by atoms with Crippen molar-refractivity contribution in [3.8, 4) is 0 Å². The highest BCUT2D eigenvalue weighted by Crippen LogP contribution is 1.95. The van der Waals surface area contributed by atoms with Gasteiger partial charge in [0.05, 0.1) is 6.21 Å². The van der Waals surface area contributed by atoms with E-state index in [0.29, 0.717) is 0 Å². The summed E-state index contributed by atoms with van der Waals surface area (Å²) in [5, 5.41) is 10.8. The molecule has 0 aliphatic heterocycles. The molecule has 0 rings (SSSR count). The second-order valence-electron chi connectivity index (χ2n) is 1.47. The molecule has 9 heavy (non-hydrogen) atoms. The van der Waals surface area contributed by atoms with Crippen LogP contribution in [0, 0.1) is 0 Å². The van der Waals surface area contributed by atoms with Gasteiger partial charge in [-0.15, -0.1) is 0 Å². The molecule has 1 N–H and O–H groups in total. The molecule has 0 aromatic heterocycles. The van der Waals surface area contributed by atoms with E-state index in [9.17, 15) is 0 Å². The molecule has 3 heteroatoms. The van der Waals surface area contributed by atoms with Crippen LogP contribution in [-0.4, -0.2) is 11.4 Å². The highest BCUT2D eigenvalue weighted by atomic mass is 127. The number of oxime groups is 1. The Balaban J connectivity index is 3.84. The van der Waals surface area contributed by atoms with Crippen molar-refractivity contribution in [2.24, 2.45) is 5.16 Å². The Morgan fingerprint density at radius 1 is 1.67 bits per heavy atom. The molecule has 0 saturated heterocycles. The smallest absolute Gasteiger partial charge is 0.0664 e. The molecule has 0 aliphatic carbocycles. The SMILES string of the molecule is CC(/C=C\I)=C/C=NO. The molecule has 0 aromatic carbocycles. The zero-order chi connectivity index (χ0) is 7.11. The van der Waals surface area contributed by atoms with Crippen LogP contribution in [-0.2, 0) is 0 Å². The van der Waals surface area contributed by atoms with Gasteiger partial charge in [-0.05, 0) is 22.7 Å². The molecule has 0 heterocycles. The molecule has 0 aliphatic rings. The highest BCUT2D eigenvalue weighted by molar-refractivity contribution is 14.1. The molecule has 0 aromatic rings. The summed E-state index contributed by atoms with van der Waals surface area (Å²) in [6.45, 7) is 1.93. The summed E-state index contributed by atoms with van der Waals surface area (Å²) < 4.78 is 1.90. The fourth-order valence-electron chi connectivity index (χ4n) is 0.306. The molecular formula is C6H8INO. The predicted molar refractivity (Wildman–Crippen MR) is 47.2 cm³/mol. The molecule has 0 atom stereocenters. The third kappa shape index (κ3) is 5.55. The summed E-state index contributed by atoms with van der Waals surface area (Å²) in [4.78, 5) is 0. The standard InChI is InChI=1S/C6H8INO/c1-6(2-4-7)3-5-8-9/h2-5,9H,1H3/b4-2-,6-3-,8-5?. The molecule has 50 valence electrons. The molecular weight excluding hydrogens is 229 g/mol. The molecule has 2 nitrogen and oxygen atoms in total. The van der Waals surface area contributed by atoms with Gasteiger partial charge in [-0.3, -0.25) is 0 Å². The van der Waals surface area contributed by atoms with Crippen molar-refractivity contribution in [3.05, 3.63) is 21.8 Å². The van der Waals surface area contributed by atoms with Crippen LogP contribution in [0.5, 0.6) is 0 Å². The van der Waals surface area contributed by atoms with Crippen molar-refractivity contribution in [2.75, 3.05) is 0 Å². The fourth-order valence-corrected chi connectivity index (χ4v) is 0.873. The largest absolute Gasteiger partial charge is 0.411 e. The van der Waals surface area contributed by atoms with E-state index >= 15 is 0 Å². The zero-order valence-corrected chi connectivity index (χ0v) is 7.24. The van der Waals surface area contributed by atoms with Gasteiger partial charge in [0.15, 0.2) is 0 Å². The summed E-state index contributed by atoms with van der Waals surface area (Å²) in [5.41, 5.74) is 1.06. The van der Waals surface area contributed by atoms with Crippen LogP contribution in [0.25, 0.3) is 0 Å². The van der Waals surface area contributed by atoms with Gasteiger partial charge in [0.1, 0.15) is 0 Å². The number of halogens is 1. The Labute approximate surface area is 68.1 Å². The van der Waals surface area contributed by atoms with Crippen LogP contribution in [0.2, 0.25) is 0 Å². The topological polar surface area (TPSA) is 32.6 Å². The number of hydrogen-bond donors (Lipinski definition) is 1. The van der Waals surface area contributed by atoms with Gasteiger partial charge in [-0.25, -0.2) is 0 Å². The van der Waals surface area contributed by atoms with E-state index in [-0.39, 0.29) is 0 Å². The third-order valence-electron chi connectivity index (χ3n) is 0.730. The van der Waals surface area contributed by atoms with E-state index in [2.05, 4.69) is 27.7 Å². The Kier molecular flexibility index (Phi) is 5.60. The summed E-state index contributed by atoms with van der Waals surface area (Å²) in [5.74, 6) is 0. The number of rotatable bonds is 2. The van der Waals surface area contributed by atoms with Crippen LogP contribution in [0.4, 0.5) is 0 Å². The minimum Gasteiger partial charge on any atom is -0.411 e. The molecule has 0 saturated carbocycles. The normalized spacial score (nSPS) is 13.8. The lowest BCUT2D eigenvalue weighted by molar-refractivity contribution is 0.322. The first kappa shape index (κ1) is 8.68. The maximum absolute atomic E-state index is 7.98. The van der Waals surface area contributed by atoms with Crippen molar-refractivity contribution >= 4 is 28.8 Å². The van der Waals surface area contributed by atoms with Crippen molar-refractivity contribution < 1.29 is 5.21 Å². The Bertz CT molecular complexity index is 149. The van der Waals surface area contributed by atoms with E-state index in [1.165, 1.54) is 6.21 Å². The maximum atomic E-state index is 7.98. The Hall–Kier alpha value is -0.320. The van der Waals surface area contributed by atoms with Crippen molar-refractivity contribution in [1.29, 1.82) is 0 Å². The average molecular weight is 237 g/mol. The predicted octanol–water partition coefficient (Wildman–Crippen LogP) is 2.34. The van der Waals surface area contributed by atoms with Gasteiger partial charge in [0.25, 0.3) is 0 Å². The van der Waals surface area contributed by atoms with E-state index < -0.39 is 0 Å². The monoisotopic (exact) mass is 237 g/mol. The van der Waals surface area contributed by atoms with Gasteiger partial charge in [-0.2, -0.15) is 0 Å². The highest BCUT2D eigenvalue weighted by Gasteiger charge is 1.74. The second kappa shape index (κ2) is 5.81. The van der Waals surface area contributed by atoms with E-state index in [1.54, 1.807) is 6.08 Å². The number of nitrogens with zero attached hydrogens (tertiary/aromatic N) is 1. The molecule has 0 radical (unpaired) electrons. The third-order valence-corrected chi connectivity index (χ3v) is 1.09. The fraction of sp³-hybridized carbons (Fsp3) is 0.167. The van der Waals surface area contributed by atoms with E-state index in [1.807, 2.05) is 17.1 Å². The first-order valence-electron chi connectivity index (χ1n) is 2.42.